The first-order valence-corrected chi connectivity index (χ1v) is 13.1. The van der Waals surface area contributed by atoms with Crippen LogP contribution in [-0.4, -0.2) is 46.2 Å². The Morgan fingerprint density at radius 1 is 1.21 bits per heavy atom. The second-order valence-electron chi connectivity index (χ2n) is 9.60. The number of hydrogen-bond acceptors (Lipinski definition) is 6. The smallest absolute Gasteiger partial charge is 0.178 e. The first-order chi connectivity index (χ1) is 16.2. The van der Waals surface area contributed by atoms with Crippen LogP contribution in [0.1, 0.15) is 47.5 Å². The number of aromatic nitrogens is 2. The summed E-state index contributed by atoms with van der Waals surface area (Å²) in [5, 5.41) is 15.2. The number of ether oxygens (including phenoxy) is 1. The summed E-state index contributed by atoms with van der Waals surface area (Å²) in [6, 6.07) is 14.5. The van der Waals surface area contributed by atoms with E-state index in [1.54, 1.807) is 29.9 Å². The highest BCUT2D eigenvalue weighted by Gasteiger charge is 2.50. The first-order valence-electron chi connectivity index (χ1n) is 11.5. The van der Waals surface area contributed by atoms with E-state index in [9.17, 15) is 18.3 Å². The van der Waals surface area contributed by atoms with E-state index in [-0.39, 0.29) is 5.92 Å². The maximum Gasteiger partial charge on any atom is 0.178 e. The number of carbonyl (C=O) groups excluding carboxylic acids is 1. The van der Waals surface area contributed by atoms with Crippen molar-refractivity contribution in [2.45, 2.75) is 37.0 Å². The van der Waals surface area contributed by atoms with Gasteiger partial charge >= 0.3 is 0 Å². The molecule has 1 N–H and O–H groups in total. The molecule has 2 aromatic carbocycles. The molecule has 178 valence electrons. The molecule has 1 aliphatic carbocycles. The molecule has 2 atom stereocenters. The van der Waals surface area contributed by atoms with E-state index in [0.717, 1.165) is 11.3 Å². The van der Waals surface area contributed by atoms with Gasteiger partial charge in [-0.1, -0.05) is 36.4 Å². The molecule has 1 saturated carbocycles. The number of ketones is 1. The normalized spacial score (nSPS) is 20.9. The molecule has 0 unspecified atom stereocenters. The number of hydrogen-bond donors (Lipinski definition) is 1. The van der Waals surface area contributed by atoms with Gasteiger partial charge in [-0.2, -0.15) is 5.10 Å². The predicted molar refractivity (Wildman–Crippen MR) is 128 cm³/mol. The van der Waals surface area contributed by atoms with Gasteiger partial charge in [0.2, 0.25) is 0 Å². The summed E-state index contributed by atoms with van der Waals surface area (Å²) < 4.78 is 32.4. The number of aliphatic hydroxyl groups is 1. The van der Waals surface area contributed by atoms with Crippen LogP contribution in [0.2, 0.25) is 0 Å². The summed E-state index contributed by atoms with van der Waals surface area (Å²) in [5.41, 5.74) is 3.50. The van der Waals surface area contributed by atoms with Crippen LogP contribution < -0.4 is 4.74 Å². The topological polar surface area (TPSA) is 98.5 Å². The monoisotopic (exact) mass is 480 g/mol. The maximum atomic E-state index is 13.0. The summed E-state index contributed by atoms with van der Waals surface area (Å²) in [7, 11) is -1.62. The SMILES string of the molecule is Cn1nccc1C[C@@H]1COc2cc(-c3ccccc3C(=O)CS(=O)(=O)C3(C)CC3)ccc2[C@H]1O. The Morgan fingerprint density at radius 3 is 2.68 bits per heavy atom. The molecule has 0 saturated heterocycles. The average Bonchev–Trinajstić information content (AvgIpc) is 3.46. The zero-order chi connectivity index (χ0) is 24.1. The Morgan fingerprint density at radius 2 is 1.97 bits per heavy atom. The van der Waals surface area contributed by atoms with E-state index in [0.29, 0.717) is 48.3 Å². The fourth-order valence-corrected chi connectivity index (χ4v) is 6.12. The Hall–Kier alpha value is -2.97. The second kappa shape index (κ2) is 8.36. The number of nitrogens with zero attached hydrogens (tertiary/aromatic N) is 2. The molecule has 5 rings (SSSR count). The molecule has 2 heterocycles. The van der Waals surface area contributed by atoms with Gasteiger partial charge in [0, 0.05) is 36.0 Å². The Bertz CT molecular complexity index is 1360. The molecule has 34 heavy (non-hydrogen) atoms. The van der Waals surface area contributed by atoms with Crippen LogP contribution in [0.25, 0.3) is 11.1 Å². The van der Waals surface area contributed by atoms with E-state index in [1.807, 2.05) is 43.4 Å². The summed E-state index contributed by atoms with van der Waals surface area (Å²) in [5.74, 6) is -0.419. The van der Waals surface area contributed by atoms with E-state index in [2.05, 4.69) is 5.10 Å². The van der Waals surface area contributed by atoms with Crippen molar-refractivity contribution >= 4 is 15.6 Å². The number of rotatable bonds is 7. The number of sulfone groups is 1. The summed E-state index contributed by atoms with van der Waals surface area (Å²) in [4.78, 5) is 13.0. The van der Waals surface area contributed by atoms with Crippen molar-refractivity contribution in [2.75, 3.05) is 12.4 Å². The highest BCUT2D eigenvalue weighted by atomic mass is 32.2. The summed E-state index contributed by atoms with van der Waals surface area (Å²) >= 11 is 0. The second-order valence-corrected chi connectivity index (χ2v) is 12.1. The largest absolute Gasteiger partial charge is 0.493 e. The lowest BCUT2D eigenvalue weighted by Crippen LogP contribution is -2.28. The van der Waals surface area contributed by atoms with Gasteiger partial charge < -0.3 is 9.84 Å². The summed E-state index contributed by atoms with van der Waals surface area (Å²) in [6.45, 7) is 2.06. The lowest BCUT2D eigenvalue weighted by Gasteiger charge is -2.30. The minimum atomic E-state index is -3.50. The van der Waals surface area contributed by atoms with Gasteiger partial charge in [-0.3, -0.25) is 9.48 Å². The van der Waals surface area contributed by atoms with E-state index in [4.69, 9.17) is 4.74 Å². The minimum Gasteiger partial charge on any atom is -0.493 e. The van der Waals surface area contributed by atoms with Crippen molar-refractivity contribution in [1.82, 2.24) is 9.78 Å². The van der Waals surface area contributed by atoms with Gasteiger partial charge in [0.15, 0.2) is 15.6 Å². The molecule has 8 heteroatoms. The van der Waals surface area contributed by atoms with Gasteiger partial charge in [-0.25, -0.2) is 8.42 Å². The number of fused-ring (bicyclic) bond motifs is 1. The van der Waals surface area contributed by atoms with Gasteiger partial charge in [0.1, 0.15) is 11.5 Å². The van der Waals surface area contributed by atoms with Crippen molar-refractivity contribution in [3.05, 3.63) is 71.5 Å². The van der Waals surface area contributed by atoms with Crippen molar-refractivity contribution < 1.29 is 23.1 Å². The van der Waals surface area contributed by atoms with Crippen molar-refractivity contribution in [3.63, 3.8) is 0 Å². The van der Waals surface area contributed by atoms with Crippen LogP contribution in [0.4, 0.5) is 0 Å². The number of carbonyl (C=O) groups is 1. The van der Waals surface area contributed by atoms with Crippen LogP contribution in [-0.2, 0) is 23.3 Å². The molecular formula is C26H28N2O5S. The van der Waals surface area contributed by atoms with Crippen LogP contribution in [0.15, 0.2) is 54.7 Å². The third kappa shape index (κ3) is 4.05. The standard InChI is InChI=1S/C26H28N2O5S/c1-26(10-11-26)34(31,32)16-23(29)21-6-4-3-5-20(21)17-7-8-22-24(14-17)33-15-18(25(22)30)13-19-9-12-27-28(19)2/h3-9,12,14,18,25,30H,10-11,13,15-16H2,1-2H3/t18-,25+/m1/s1. The molecule has 1 aliphatic heterocycles. The molecule has 1 aromatic heterocycles. The quantitative estimate of drug-likeness (QED) is 0.520. The van der Waals surface area contributed by atoms with Gasteiger partial charge in [-0.15, -0.1) is 0 Å². The van der Waals surface area contributed by atoms with Crippen LogP contribution in [0.3, 0.4) is 0 Å². The predicted octanol–water partition coefficient (Wildman–Crippen LogP) is 3.52. The molecular weight excluding hydrogens is 452 g/mol. The van der Waals surface area contributed by atoms with E-state index >= 15 is 0 Å². The third-order valence-electron chi connectivity index (χ3n) is 7.19. The first kappa shape index (κ1) is 22.8. The molecule has 7 nitrogen and oxygen atoms in total. The van der Waals surface area contributed by atoms with Crippen LogP contribution in [0.5, 0.6) is 5.75 Å². The van der Waals surface area contributed by atoms with Gasteiger partial charge in [0.25, 0.3) is 0 Å². The highest BCUT2D eigenvalue weighted by molar-refractivity contribution is 7.93. The molecule has 3 aromatic rings. The zero-order valence-corrected chi connectivity index (χ0v) is 20.1. The van der Waals surface area contributed by atoms with Gasteiger partial charge in [0.05, 0.1) is 17.5 Å². The fourth-order valence-electron chi connectivity index (χ4n) is 4.54. The highest BCUT2D eigenvalue weighted by Crippen LogP contribution is 2.44. The maximum absolute atomic E-state index is 13.0. The van der Waals surface area contributed by atoms with E-state index < -0.39 is 32.2 Å². The van der Waals surface area contributed by atoms with Crippen molar-refractivity contribution in [1.29, 1.82) is 0 Å². The minimum absolute atomic E-state index is 0.100. The number of aryl methyl sites for hydroxylation is 1. The molecule has 0 bridgehead atoms. The number of aliphatic hydroxyl groups excluding tert-OH is 1. The number of Topliss-reactive ketones (excluding diaryl/α,β-unsaturated/α-hetero) is 1. The van der Waals surface area contributed by atoms with Crippen LogP contribution >= 0.6 is 0 Å². The van der Waals surface area contributed by atoms with Gasteiger partial charge in [-0.05, 0) is 49.4 Å². The molecule has 2 aliphatic rings. The molecule has 1 fully saturated rings. The average molecular weight is 481 g/mol. The van der Waals surface area contributed by atoms with Crippen LogP contribution in [0, 0.1) is 5.92 Å². The van der Waals surface area contributed by atoms with E-state index in [1.165, 1.54) is 0 Å². The molecule has 0 radical (unpaired) electrons. The number of benzene rings is 2. The third-order valence-corrected chi connectivity index (χ3v) is 9.74. The lowest BCUT2D eigenvalue weighted by atomic mass is 9.88. The zero-order valence-electron chi connectivity index (χ0n) is 19.3. The summed E-state index contributed by atoms with van der Waals surface area (Å²) in [6.07, 6.45) is 2.91. The Labute approximate surface area is 199 Å². The molecule has 0 spiro atoms. The lowest BCUT2D eigenvalue weighted by molar-refractivity contribution is 0.0499. The van der Waals surface area contributed by atoms with Crippen molar-refractivity contribution in [3.8, 4) is 16.9 Å². The van der Waals surface area contributed by atoms with Crippen molar-refractivity contribution in [2.24, 2.45) is 13.0 Å². The Kier molecular flexibility index (Phi) is 5.61. The molecule has 0 amide bonds. The Balaban J connectivity index is 1.40. The fraction of sp³-hybridized carbons (Fsp3) is 0.385.